The van der Waals surface area contributed by atoms with Crippen LogP contribution in [-0.4, -0.2) is 108 Å². The van der Waals surface area contributed by atoms with Gasteiger partial charge in [-0.3, -0.25) is 23.7 Å². The van der Waals surface area contributed by atoms with Crippen molar-refractivity contribution >= 4 is 62.2 Å². The second kappa shape index (κ2) is 13.9. The number of carboxylic acid groups (broad SMARTS) is 1. The van der Waals surface area contributed by atoms with Gasteiger partial charge >= 0.3 is 22.3 Å². The highest BCUT2D eigenvalue weighted by atomic mass is 32.2. The molecule has 256 valence electrons. The lowest BCUT2D eigenvalue weighted by atomic mass is 9.98. The fourth-order valence-corrected chi connectivity index (χ4v) is 5.13. The number of nitrogens with zero attached hydrogens (tertiary/aromatic N) is 4. The number of carbonyl (C=O) groups excluding carboxylic acids is 4. The van der Waals surface area contributed by atoms with Crippen LogP contribution in [-0.2, 0) is 40.9 Å². The van der Waals surface area contributed by atoms with Crippen LogP contribution in [0.15, 0.2) is 27.6 Å². The van der Waals surface area contributed by atoms with Crippen LogP contribution in [0.2, 0.25) is 0 Å². The Morgan fingerprint density at radius 1 is 1.23 bits per heavy atom. The molecular weight excluding hydrogens is 674 g/mol. The number of aromatic hydroxyl groups is 1. The molecule has 1 fully saturated rings. The van der Waals surface area contributed by atoms with E-state index in [0.717, 1.165) is 31.3 Å². The van der Waals surface area contributed by atoms with Gasteiger partial charge < -0.3 is 47.3 Å². The highest BCUT2D eigenvalue weighted by Gasteiger charge is 2.54. The minimum absolute atomic E-state index is 0.00319. The Kier molecular flexibility index (Phi) is 10.6. The molecule has 2 aromatic heterocycles. The minimum atomic E-state index is -5.18. The first-order valence-corrected chi connectivity index (χ1v) is 15.3. The van der Waals surface area contributed by atoms with Gasteiger partial charge in [0.15, 0.2) is 16.6 Å². The molecule has 0 saturated carbocycles. The number of aliphatic carboxylic acids is 1. The summed E-state index contributed by atoms with van der Waals surface area (Å²) in [5.74, 6) is -5.57. The average Bonchev–Trinajstić information content (AvgIpc) is 3.39. The lowest BCUT2D eigenvalue weighted by Gasteiger charge is -2.44. The molecular formula is C23H29N9O13S2. The maximum Gasteiger partial charge on any atom is 0.362 e. The molecule has 0 radical (unpaired) electrons. The molecule has 5 amide bonds. The highest BCUT2D eigenvalue weighted by Crippen LogP contribution is 2.24. The molecule has 0 aliphatic carbocycles. The number of rotatable bonds is 13. The van der Waals surface area contributed by atoms with E-state index in [2.05, 4.69) is 31.4 Å². The van der Waals surface area contributed by atoms with Crippen molar-refractivity contribution in [2.75, 3.05) is 12.3 Å². The average molecular weight is 704 g/mol. The molecule has 22 nitrogen and oxygen atoms in total. The number of nitrogens with one attached hydrogen (secondary N) is 4. The van der Waals surface area contributed by atoms with E-state index in [1.54, 1.807) is 0 Å². The number of urea groups is 1. The lowest BCUT2D eigenvalue weighted by Crippen LogP contribution is -2.74. The van der Waals surface area contributed by atoms with Crippen molar-refractivity contribution < 1.29 is 57.2 Å². The first-order chi connectivity index (χ1) is 21.7. The second-order valence-corrected chi connectivity index (χ2v) is 12.4. The van der Waals surface area contributed by atoms with Crippen LogP contribution in [0.4, 0.5) is 9.93 Å². The standard InChI is InChI=1S/C23H29N9O13S2/c1-9(27-22(40)26-5-10-4-13(33)14(34)7-31(10)41)17(35)25-6-12-16(19(37)32(12)47(42,43)44)29-18(36)15(11-8-46-21(24)28-11)30-45-23(2,3)20(38)39/h4,7-9,12,16,34,41H,5-6H2,1-3H3,(H2,24,28)(H,25,35)(H,29,36)(H,38,39)(H2,26,27,40)(H,42,43,44)/t9-,12+,16-/m0/s1. The fourth-order valence-electron chi connectivity index (χ4n) is 3.70. The molecule has 10 N–H and O–H groups in total. The van der Waals surface area contributed by atoms with Crippen LogP contribution in [0.1, 0.15) is 32.2 Å². The van der Waals surface area contributed by atoms with Crippen molar-refractivity contribution in [2.45, 2.75) is 51.0 Å². The van der Waals surface area contributed by atoms with Gasteiger partial charge in [-0.2, -0.15) is 13.1 Å². The van der Waals surface area contributed by atoms with Gasteiger partial charge in [-0.15, -0.1) is 11.3 Å². The molecule has 3 heterocycles. The van der Waals surface area contributed by atoms with Gasteiger partial charge in [0.1, 0.15) is 17.8 Å². The number of thiazole rings is 1. The van der Waals surface area contributed by atoms with Crippen LogP contribution in [0.5, 0.6) is 5.75 Å². The van der Waals surface area contributed by atoms with Gasteiger partial charge in [-0.05, 0) is 20.8 Å². The van der Waals surface area contributed by atoms with E-state index in [1.807, 2.05) is 0 Å². The van der Waals surface area contributed by atoms with E-state index < -0.39 is 93.7 Å². The summed E-state index contributed by atoms with van der Waals surface area (Å²) in [6, 6.07) is -4.64. The Labute approximate surface area is 268 Å². The molecule has 2 aromatic rings. The maximum atomic E-state index is 13.2. The van der Waals surface area contributed by atoms with Crippen LogP contribution < -0.4 is 32.4 Å². The molecule has 3 atom stereocenters. The quantitative estimate of drug-likeness (QED) is 0.0328. The zero-order chi connectivity index (χ0) is 35.4. The Morgan fingerprint density at radius 3 is 2.47 bits per heavy atom. The fraction of sp³-hybridized carbons (Fsp3) is 0.391. The molecule has 0 aromatic carbocycles. The topological polar surface area (TPSA) is 334 Å². The van der Waals surface area contributed by atoms with Crippen molar-refractivity contribution in [2.24, 2.45) is 5.16 Å². The third kappa shape index (κ3) is 8.61. The first-order valence-electron chi connectivity index (χ1n) is 13.0. The number of pyridine rings is 1. The molecule has 1 saturated heterocycles. The van der Waals surface area contributed by atoms with E-state index in [4.69, 9.17) is 10.6 Å². The van der Waals surface area contributed by atoms with E-state index in [1.165, 1.54) is 12.3 Å². The van der Waals surface area contributed by atoms with Crippen LogP contribution in [0, 0.1) is 0 Å². The maximum absolute atomic E-state index is 13.2. The summed E-state index contributed by atoms with van der Waals surface area (Å²) >= 11 is 0.886. The van der Waals surface area contributed by atoms with Gasteiger partial charge in [-0.25, -0.2) is 18.9 Å². The molecule has 24 heteroatoms. The van der Waals surface area contributed by atoms with E-state index in [-0.39, 0.29) is 20.8 Å². The third-order valence-electron chi connectivity index (χ3n) is 6.31. The normalized spacial score (nSPS) is 17.2. The third-order valence-corrected chi connectivity index (χ3v) is 7.93. The predicted molar refractivity (Wildman–Crippen MR) is 157 cm³/mol. The number of nitrogens with two attached hydrogens (primary N) is 1. The molecule has 1 aliphatic rings. The summed E-state index contributed by atoms with van der Waals surface area (Å²) in [7, 11) is -5.18. The van der Waals surface area contributed by atoms with Crippen molar-refractivity contribution in [3.05, 3.63) is 39.3 Å². The van der Waals surface area contributed by atoms with E-state index in [9.17, 15) is 57.2 Å². The van der Waals surface area contributed by atoms with Crippen molar-refractivity contribution in [3.63, 3.8) is 0 Å². The number of β-lactam (4-membered cyclic amide) rings is 1. The zero-order valence-corrected chi connectivity index (χ0v) is 26.2. The summed E-state index contributed by atoms with van der Waals surface area (Å²) in [6.07, 6.45) is 0.709. The monoisotopic (exact) mass is 703 g/mol. The Hall–Kier alpha value is -5.49. The van der Waals surface area contributed by atoms with E-state index in [0.29, 0.717) is 10.9 Å². The number of oxime groups is 1. The molecule has 0 spiro atoms. The number of hydrogen-bond donors (Lipinski definition) is 9. The molecule has 47 heavy (non-hydrogen) atoms. The first kappa shape index (κ1) is 36.0. The Morgan fingerprint density at radius 2 is 1.89 bits per heavy atom. The number of carboxylic acids is 1. The Balaban J connectivity index is 1.69. The van der Waals surface area contributed by atoms with Crippen molar-refractivity contribution in [1.82, 2.24) is 35.3 Å². The van der Waals surface area contributed by atoms with Crippen molar-refractivity contribution in [3.8, 4) is 5.75 Å². The number of hydrogen-bond acceptors (Lipinski definition) is 15. The molecule has 3 rings (SSSR count). The predicted octanol–water partition coefficient (Wildman–Crippen LogP) is -3.08. The molecule has 0 bridgehead atoms. The smallest absolute Gasteiger partial charge is 0.362 e. The second-order valence-electron chi connectivity index (χ2n) is 10.2. The minimum Gasteiger partial charge on any atom is -0.503 e. The lowest BCUT2D eigenvalue weighted by molar-refractivity contribution is -0.161. The summed E-state index contributed by atoms with van der Waals surface area (Å²) in [5, 5.41) is 42.1. The van der Waals surface area contributed by atoms with Gasteiger partial charge in [0, 0.05) is 18.0 Å². The summed E-state index contributed by atoms with van der Waals surface area (Å²) < 4.78 is 33.7. The molecule has 0 unspecified atom stereocenters. The number of amides is 5. The molecule has 1 aliphatic heterocycles. The van der Waals surface area contributed by atoms with Crippen LogP contribution >= 0.6 is 11.3 Å². The summed E-state index contributed by atoms with van der Waals surface area (Å²) in [5.41, 5.74) is 1.94. The number of nitrogen functional groups attached to an aromatic ring is 1. The van der Waals surface area contributed by atoms with Crippen molar-refractivity contribution in [1.29, 1.82) is 0 Å². The van der Waals surface area contributed by atoms with Crippen LogP contribution in [0.3, 0.4) is 0 Å². The highest BCUT2D eigenvalue weighted by molar-refractivity contribution is 7.84. The number of carbonyl (C=O) groups is 5. The summed E-state index contributed by atoms with van der Waals surface area (Å²) in [4.78, 5) is 82.5. The zero-order valence-electron chi connectivity index (χ0n) is 24.5. The van der Waals surface area contributed by atoms with Crippen LogP contribution in [0.25, 0.3) is 0 Å². The van der Waals surface area contributed by atoms with Gasteiger partial charge in [0.25, 0.3) is 11.8 Å². The Bertz CT molecular complexity index is 1790. The van der Waals surface area contributed by atoms with E-state index >= 15 is 0 Å². The largest absolute Gasteiger partial charge is 0.503 e. The van der Waals surface area contributed by atoms with Gasteiger partial charge in [-0.1, -0.05) is 5.16 Å². The summed E-state index contributed by atoms with van der Waals surface area (Å²) in [6.45, 7) is 2.41. The number of aromatic nitrogens is 2. The van der Waals surface area contributed by atoms with Gasteiger partial charge in [0.2, 0.25) is 16.9 Å². The SMILES string of the molecule is C[C@H](NC(=O)NCc1cc(=O)c(O)cn1O)C(=O)NC[C@@H]1[C@H](NC(=O)C(=NOC(C)(C)C(=O)O)c2csc(N)n2)C(=O)N1S(=O)(=O)O. The number of anilines is 1. The van der Waals surface area contributed by atoms with Gasteiger partial charge in [0.05, 0.1) is 24.5 Å².